The van der Waals surface area contributed by atoms with Crippen LogP contribution in [0.15, 0.2) is 24.3 Å². The quantitative estimate of drug-likeness (QED) is 0.808. The fraction of sp³-hybridized carbons (Fsp3) is 0.600. The second-order valence-corrected chi connectivity index (χ2v) is 5.23. The average Bonchev–Trinajstić information content (AvgIpc) is 2.72. The normalized spacial score (nSPS) is 24.6. The van der Waals surface area contributed by atoms with E-state index in [1.165, 1.54) is 18.4 Å². The maximum absolute atomic E-state index is 13.0. The molecule has 100 valence electrons. The topological polar surface area (TPSA) is 15.3 Å². The summed E-state index contributed by atoms with van der Waals surface area (Å²) < 4.78 is 13.0. The summed E-state index contributed by atoms with van der Waals surface area (Å²) in [5, 5.41) is 3.51. The van der Waals surface area contributed by atoms with Crippen molar-refractivity contribution >= 4 is 0 Å². The van der Waals surface area contributed by atoms with E-state index < -0.39 is 0 Å². The lowest BCUT2D eigenvalue weighted by Gasteiger charge is -2.25. The van der Waals surface area contributed by atoms with Crippen LogP contribution in [0, 0.1) is 11.7 Å². The highest BCUT2D eigenvalue weighted by Crippen LogP contribution is 2.35. The molecule has 2 atom stereocenters. The van der Waals surface area contributed by atoms with Crippen LogP contribution in [0.4, 0.5) is 4.39 Å². The van der Waals surface area contributed by atoms with Crippen LogP contribution in [0.3, 0.4) is 0 Å². The Kier molecular flexibility index (Phi) is 4.72. The van der Waals surface area contributed by atoms with Gasteiger partial charge in [0.25, 0.3) is 0 Å². The summed E-state index contributed by atoms with van der Waals surface area (Å²) in [5.41, 5.74) is 1.24. The van der Waals surface area contributed by atoms with Gasteiger partial charge >= 0.3 is 0 Å². The van der Waals surface area contributed by atoms with Crippen molar-refractivity contribution in [2.45, 2.75) is 25.8 Å². The van der Waals surface area contributed by atoms with Crippen LogP contribution in [0.1, 0.15) is 31.4 Å². The van der Waals surface area contributed by atoms with Gasteiger partial charge in [-0.3, -0.25) is 4.90 Å². The van der Waals surface area contributed by atoms with E-state index in [0.29, 0.717) is 12.0 Å². The smallest absolute Gasteiger partial charge is 0.123 e. The van der Waals surface area contributed by atoms with Gasteiger partial charge in [0.05, 0.1) is 0 Å². The molecule has 1 aliphatic heterocycles. The Bertz CT molecular complexity index is 363. The molecule has 0 aromatic heterocycles. The largest absolute Gasteiger partial charge is 0.316 e. The van der Waals surface area contributed by atoms with Crippen LogP contribution in [0.25, 0.3) is 0 Å². The Morgan fingerprint density at radius 3 is 2.72 bits per heavy atom. The van der Waals surface area contributed by atoms with Crippen LogP contribution in [0.5, 0.6) is 0 Å². The van der Waals surface area contributed by atoms with Crippen molar-refractivity contribution < 1.29 is 4.39 Å². The van der Waals surface area contributed by atoms with Gasteiger partial charge < -0.3 is 5.32 Å². The molecule has 1 N–H and O–H groups in total. The van der Waals surface area contributed by atoms with E-state index in [-0.39, 0.29) is 5.82 Å². The lowest BCUT2D eigenvalue weighted by molar-refractivity contribution is 0.272. The Labute approximate surface area is 109 Å². The van der Waals surface area contributed by atoms with Crippen molar-refractivity contribution in [1.82, 2.24) is 10.2 Å². The zero-order valence-corrected chi connectivity index (χ0v) is 11.3. The number of halogens is 1. The van der Waals surface area contributed by atoms with Crippen molar-refractivity contribution in [2.75, 3.05) is 26.7 Å². The van der Waals surface area contributed by atoms with Gasteiger partial charge in [0.2, 0.25) is 0 Å². The maximum Gasteiger partial charge on any atom is 0.123 e. The molecule has 1 aliphatic rings. The number of nitrogens with one attached hydrogen (secondary N) is 1. The molecule has 1 saturated heterocycles. The van der Waals surface area contributed by atoms with Gasteiger partial charge in [-0.05, 0) is 63.1 Å². The summed E-state index contributed by atoms with van der Waals surface area (Å²) in [6, 6.07) is 7.41. The number of rotatable bonds is 5. The maximum atomic E-state index is 13.0. The minimum atomic E-state index is -0.153. The molecular weight excluding hydrogens is 227 g/mol. The first-order chi connectivity index (χ1) is 8.72. The molecule has 1 aromatic rings. The molecule has 18 heavy (non-hydrogen) atoms. The van der Waals surface area contributed by atoms with E-state index in [1.54, 1.807) is 12.1 Å². The van der Waals surface area contributed by atoms with Gasteiger partial charge in [0.15, 0.2) is 0 Å². The summed E-state index contributed by atoms with van der Waals surface area (Å²) in [6.45, 7) is 5.45. The average molecular weight is 250 g/mol. The minimum absolute atomic E-state index is 0.153. The zero-order valence-electron chi connectivity index (χ0n) is 11.3. The fourth-order valence-electron chi connectivity index (χ4n) is 2.89. The third-order valence-corrected chi connectivity index (χ3v) is 3.82. The number of benzene rings is 1. The SMILES string of the molecule is CCCNCC1CCN(C)C1c1ccc(F)cc1. The van der Waals surface area contributed by atoms with Crippen molar-refractivity contribution in [1.29, 1.82) is 0 Å². The molecule has 0 spiro atoms. The highest BCUT2D eigenvalue weighted by atomic mass is 19.1. The van der Waals surface area contributed by atoms with Crippen molar-refractivity contribution in [3.05, 3.63) is 35.6 Å². The summed E-state index contributed by atoms with van der Waals surface area (Å²) in [7, 11) is 2.16. The van der Waals surface area contributed by atoms with E-state index in [4.69, 9.17) is 0 Å². The Morgan fingerprint density at radius 1 is 1.33 bits per heavy atom. The summed E-state index contributed by atoms with van der Waals surface area (Å²) in [4.78, 5) is 2.38. The van der Waals surface area contributed by atoms with E-state index in [9.17, 15) is 4.39 Å². The highest BCUT2D eigenvalue weighted by Gasteiger charge is 2.32. The predicted octanol–water partition coefficient (Wildman–Crippen LogP) is 2.82. The Morgan fingerprint density at radius 2 is 2.06 bits per heavy atom. The molecule has 0 saturated carbocycles. The van der Waals surface area contributed by atoms with Crippen LogP contribution >= 0.6 is 0 Å². The molecular formula is C15H23FN2. The van der Waals surface area contributed by atoms with Gasteiger partial charge in [-0.15, -0.1) is 0 Å². The Balaban J connectivity index is 2.04. The monoisotopic (exact) mass is 250 g/mol. The molecule has 2 unspecified atom stereocenters. The van der Waals surface area contributed by atoms with Gasteiger partial charge in [0, 0.05) is 6.04 Å². The first kappa shape index (κ1) is 13.5. The highest BCUT2D eigenvalue weighted by molar-refractivity contribution is 5.22. The molecule has 2 rings (SSSR count). The minimum Gasteiger partial charge on any atom is -0.316 e. The second kappa shape index (κ2) is 6.30. The predicted molar refractivity (Wildman–Crippen MR) is 73.0 cm³/mol. The van der Waals surface area contributed by atoms with Crippen molar-refractivity contribution in [3.8, 4) is 0 Å². The van der Waals surface area contributed by atoms with Crippen LogP contribution in [0.2, 0.25) is 0 Å². The van der Waals surface area contributed by atoms with Crippen molar-refractivity contribution in [3.63, 3.8) is 0 Å². The molecule has 1 fully saturated rings. The molecule has 0 radical (unpaired) electrons. The van der Waals surface area contributed by atoms with E-state index >= 15 is 0 Å². The number of hydrogen-bond donors (Lipinski definition) is 1. The number of nitrogens with zero attached hydrogens (tertiary/aromatic N) is 1. The second-order valence-electron chi connectivity index (χ2n) is 5.23. The molecule has 1 aromatic carbocycles. The van der Waals surface area contributed by atoms with Crippen LogP contribution in [-0.4, -0.2) is 31.6 Å². The van der Waals surface area contributed by atoms with Crippen LogP contribution < -0.4 is 5.32 Å². The molecule has 0 aliphatic carbocycles. The Hall–Kier alpha value is -0.930. The lowest BCUT2D eigenvalue weighted by Crippen LogP contribution is -2.28. The van der Waals surface area contributed by atoms with E-state index in [0.717, 1.165) is 19.6 Å². The molecule has 2 nitrogen and oxygen atoms in total. The lowest BCUT2D eigenvalue weighted by atomic mass is 9.93. The fourth-order valence-corrected chi connectivity index (χ4v) is 2.89. The van der Waals surface area contributed by atoms with Gasteiger partial charge in [-0.2, -0.15) is 0 Å². The summed E-state index contributed by atoms with van der Waals surface area (Å²) in [5.74, 6) is 0.479. The summed E-state index contributed by atoms with van der Waals surface area (Å²) >= 11 is 0. The molecule has 3 heteroatoms. The first-order valence-corrected chi connectivity index (χ1v) is 6.88. The van der Waals surface area contributed by atoms with E-state index in [2.05, 4.69) is 24.2 Å². The number of likely N-dealkylation sites (tertiary alicyclic amines) is 1. The number of hydrogen-bond acceptors (Lipinski definition) is 2. The van der Waals surface area contributed by atoms with Gasteiger partial charge in [0.1, 0.15) is 5.82 Å². The van der Waals surface area contributed by atoms with Gasteiger partial charge in [-0.1, -0.05) is 19.1 Å². The molecule has 1 heterocycles. The van der Waals surface area contributed by atoms with E-state index in [1.807, 2.05) is 12.1 Å². The standard InChI is InChI=1S/C15H23FN2/c1-3-9-17-11-13-8-10-18(2)15(13)12-4-6-14(16)7-5-12/h4-7,13,15,17H,3,8-11H2,1-2H3. The first-order valence-electron chi connectivity index (χ1n) is 6.88. The molecule has 0 bridgehead atoms. The summed E-state index contributed by atoms with van der Waals surface area (Å²) in [6.07, 6.45) is 2.39. The van der Waals surface area contributed by atoms with Crippen molar-refractivity contribution in [2.24, 2.45) is 5.92 Å². The third kappa shape index (κ3) is 3.09. The third-order valence-electron chi connectivity index (χ3n) is 3.82. The molecule has 0 amide bonds. The van der Waals surface area contributed by atoms with Gasteiger partial charge in [-0.25, -0.2) is 4.39 Å². The van der Waals surface area contributed by atoms with Crippen LogP contribution in [-0.2, 0) is 0 Å². The zero-order chi connectivity index (χ0) is 13.0.